The van der Waals surface area contributed by atoms with E-state index in [1.165, 1.54) is 11.1 Å². The SMILES string of the molecule is Cc1ccnc(-c2cc(-c3cc(C)ccn3)c3oc4ccccc4c3c2)c1. The standard InChI is InChI=1S/C24H18N2O/c1-15-7-9-25-21(11-15)17-13-19-18-5-3-4-6-23(18)27-24(19)20(14-17)22-12-16(2)8-10-26-22/h3-14H,1-2H3. The highest BCUT2D eigenvalue weighted by Gasteiger charge is 2.16. The average molecular weight is 350 g/mol. The third-order valence-electron chi connectivity index (χ3n) is 4.88. The fraction of sp³-hybridized carbons (Fsp3) is 0.0833. The normalized spacial score (nSPS) is 11.3. The van der Waals surface area contributed by atoms with Gasteiger partial charge in [-0.3, -0.25) is 9.97 Å². The molecular weight excluding hydrogens is 332 g/mol. The lowest BCUT2D eigenvalue weighted by Crippen LogP contribution is -1.89. The summed E-state index contributed by atoms with van der Waals surface area (Å²) < 4.78 is 6.23. The highest BCUT2D eigenvalue weighted by Crippen LogP contribution is 2.38. The zero-order chi connectivity index (χ0) is 18.4. The predicted molar refractivity (Wildman–Crippen MR) is 110 cm³/mol. The zero-order valence-corrected chi connectivity index (χ0v) is 15.2. The van der Waals surface area contributed by atoms with Gasteiger partial charge in [-0.2, -0.15) is 0 Å². The lowest BCUT2D eigenvalue weighted by molar-refractivity contribution is 0.670. The van der Waals surface area contributed by atoms with Gasteiger partial charge in [-0.1, -0.05) is 18.2 Å². The largest absolute Gasteiger partial charge is 0.455 e. The van der Waals surface area contributed by atoms with Crippen molar-refractivity contribution in [2.45, 2.75) is 13.8 Å². The summed E-state index contributed by atoms with van der Waals surface area (Å²) in [6.45, 7) is 4.16. The monoisotopic (exact) mass is 350 g/mol. The van der Waals surface area contributed by atoms with Crippen LogP contribution in [0.5, 0.6) is 0 Å². The van der Waals surface area contributed by atoms with Crippen molar-refractivity contribution in [2.75, 3.05) is 0 Å². The number of fused-ring (bicyclic) bond motifs is 3. The molecule has 0 fully saturated rings. The summed E-state index contributed by atoms with van der Waals surface area (Å²) in [4.78, 5) is 9.18. The first kappa shape index (κ1) is 15.8. The average Bonchev–Trinajstić information content (AvgIpc) is 3.06. The van der Waals surface area contributed by atoms with E-state index in [1.54, 1.807) is 0 Å². The second kappa shape index (κ2) is 6.06. The molecule has 0 amide bonds. The molecule has 0 atom stereocenters. The highest BCUT2D eigenvalue weighted by atomic mass is 16.3. The number of pyridine rings is 2. The first-order valence-corrected chi connectivity index (χ1v) is 9.00. The number of rotatable bonds is 2. The number of benzene rings is 2. The van der Waals surface area contributed by atoms with Gasteiger partial charge in [0.15, 0.2) is 0 Å². The minimum atomic E-state index is 0.866. The minimum Gasteiger partial charge on any atom is -0.455 e. The van der Waals surface area contributed by atoms with E-state index in [0.717, 1.165) is 44.5 Å². The maximum absolute atomic E-state index is 6.23. The first-order valence-electron chi connectivity index (χ1n) is 9.00. The molecule has 5 aromatic rings. The molecule has 0 bridgehead atoms. The summed E-state index contributed by atoms with van der Waals surface area (Å²) in [6.07, 6.45) is 3.70. The Hall–Kier alpha value is -3.46. The zero-order valence-electron chi connectivity index (χ0n) is 15.2. The van der Waals surface area contributed by atoms with E-state index >= 15 is 0 Å². The van der Waals surface area contributed by atoms with E-state index in [-0.39, 0.29) is 0 Å². The number of aromatic nitrogens is 2. The molecule has 0 aliphatic heterocycles. The van der Waals surface area contributed by atoms with Crippen molar-refractivity contribution >= 4 is 21.9 Å². The lowest BCUT2D eigenvalue weighted by atomic mass is 9.99. The maximum Gasteiger partial charge on any atom is 0.144 e. The molecule has 0 spiro atoms. The van der Waals surface area contributed by atoms with Gasteiger partial charge in [0, 0.05) is 34.3 Å². The van der Waals surface area contributed by atoms with Crippen molar-refractivity contribution in [1.29, 1.82) is 0 Å². The van der Waals surface area contributed by atoms with Crippen LogP contribution in [0.3, 0.4) is 0 Å². The van der Waals surface area contributed by atoms with Gasteiger partial charge in [0.2, 0.25) is 0 Å². The molecule has 0 saturated heterocycles. The summed E-state index contributed by atoms with van der Waals surface area (Å²) in [5.74, 6) is 0. The maximum atomic E-state index is 6.23. The summed E-state index contributed by atoms with van der Waals surface area (Å²) in [6, 6.07) is 20.7. The van der Waals surface area contributed by atoms with Gasteiger partial charge in [-0.25, -0.2) is 0 Å². The van der Waals surface area contributed by atoms with Gasteiger partial charge in [0.25, 0.3) is 0 Å². The van der Waals surface area contributed by atoms with E-state index in [9.17, 15) is 0 Å². The second-order valence-electron chi connectivity index (χ2n) is 6.94. The van der Waals surface area contributed by atoms with Crippen molar-refractivity contribution < 1.29 is 4.42 Å². The second-order valence-corrected chi connectivity index (χ2v) is 6.94. The van der Waals surface area contributed by atoms with E-state index in [0.29, 0.717) is 0 Å². The Morgan fingerprint density at radius 3 is 2.19 bits per heavy atom. The molecule has 3 heterocycles. The fourth-order valence-corrected chi connectivity index (χ4v) is 3.54. The Morgan fingerprint density at radius 1 is 0.704 bits per heavy atom. The van der Waals surface area contributed by atoms with Crippen LogP contribution in [0.1, 0.15) is 11.1 Å². The minimum absolute atomic E-state index is 0.866. The summed E-state index contributed by atoms with van der Waals surface area (Å²) >= 11 is 0. The van der Waals surface area contributed by atoms with Crippen molar-refractivity contribution in [2.24, 2.45) is 0 Å². The van der Waals surface area contributed by atoms with Crippen LogP contribution in [0, 0.1) is 13.8 Å². The van der Waals surface area contributed by atoms with Crippen LogP contribution in [-0.2, 0) is 0 Å². The summed E-state index contributed by atoms with van der Waals surface area (Å²) in [5.41, 5.74) is 8.03. The van der Waals surface area contributed by atoms with E-state index < -0.39 is 0 Å². The molecule has 0 unspecified atom stereocenters. The Labute approximate surface area is 157 Å². The van der Waals surface area contributed by atoms with Gasteiger partial charge in [-0.05, 0) is 67.4 Å². The van der Waals surface area contributed by atoms with E-state index in [4.69, 9.17) is 4.42 Å². The summed E-state index contributed by atoms with van der Waals surface area (Å²) in [7, 11) is 0. The number of nitrogens with zero attached hydrogens (tertiary/aromatic N) is 2. The molecule has 5 rings (SSSR count). The van der Waals surface area contributed by atoms with Gasteiger partial charge in [-0.15, -0.1) is 0 Å². The van der Waals surface area contributed by atoms with Crippen LogP contribution in [-0.4, -0.2) is 9.97 Å². The molecule has 0 N–H and O–H groups in total. The lowest BCUT2D eigenvalue weighted by Gasteiger charge is -2.08. The van der Waals surface area contributed by atoms with Gasteiger partial charge >= 0.3 is 0 Å². The third kappa shape index (κ3) is 2.68. The number of furan rings is 1. The Kier molecular flexibility index (Phi) is 3.54. The molecule has 3 heteroatoms. The molecular formula is C24H18N2O. The number of aryl methyl sites for hydroxylation is 2. The van der Waals surface area contributed by atoms with Crippen molar-refractivity contribution in [3.8, 4) is 22.5 Å². The topological polar surface area (TPSA) is 38.9 Å². The number of hydrogen-bond acceptors (Lipinski definition) is 3. The van der Waals surface area contributed by atoms with Crippen molar-refractivity contribution in [1.82, 2.24) is 9.97 Å². The van der Waals surface area contributed by atoms with Gasteiger partial charge in [0.1, 0.15) is 11.2 Å². The fourth-order valence-electron chi connectivity index (χ4n) is 3.54. The van der Waals surface area contributed by atoms with Crippen LogP contribution in [0.2, 0.25) is 0 Å². The summed E-state index contributed by atoms with van der Waals surface area (Å²) in [5, 5.41) is 2.20. The van der Waals surface area contributed by atoms with Crippen LogP contribution >= 0.6 is 0 Å². The van der Waals surface area contributed by atoms with Crippen molar-refractivity contribution in [3.05, 3.63) is 84.2 Å². The molecule has 3 nitrogen and oxygen atoms in total. The predicted octanol–water partition coefficient (Wildman–Crippen LogP) is 6.33. The molecule has 130 valence electrons. The van der Waals surface area contributed by atoms with E-state index in [1.807, 2.05) is 42.7 Å². The quantitative estimate of drug-likeness (QED) is 0.373. The smallest absolute Gasteiger partial charge is 0.144 e. The van der Waals surface area contributed by atoms with Crippen LogP contribution in [0.4, 0.5) is 0 Å². The Balaban J connectivity index is 1.89. The Morgan fingerprint density at radius 2 is 1.41 bits per heavy atom. The number of para-hydroxylation sites is 1. The molecule has 0 radical (unpaired) electrons. The van der Waals surface area contributed by atoms with Crippen LogP contribution in [0.15, 0.2) is 77.5 Å². The molecule has 0 aliphatic rings. The van der Waals surface area contributed by atoms with Crippen LogP contribution in [0.25, 0.3) is 44.5 Å². The molecule has 2 aromatic carbocycles. The Bertz CT molecular complexity index is 1300. The molecule has 3 aromatic heterocycles. The van der Waals surface area contributed by atoms with E-state index in [2.05, 4.69) is 54.1 Å². The van der Waals surface area contributed by atoms with Crippen LogP contribution < -0.4 is 0 Å². The van der Waals surface area contributed by atoms with Crippen molar-refractivity contribution in [3.63, 3.8) is 0 Å². The van der Waals surface area contributed by atoms with Gasteiger partial charge < -0.3 is 4.42 Å². The molecule has 0 saturated carbocycles. The third-order valence-corrected chi connectivity index (χ3v) is 4.88. The molecule has 27 heavy (non-hydrogen) atoms. The van der Waals surface area contributed by atoms with Gasteiger partial charge in [0.05, 0.1) is 11.4 Å². The highest BCUT2D eigenvalue weighted by molar-refractivity contribution is 6.10. The molecule has 0 aliphatic carbocycles. The first-order chi connectivity index (χ1) is 13.2. The number of hydrogen-bond donors (Lipinski definition) is 0.